The Morgan fingerprint density at radius 3 is 2.86 bits per heavy atom. The van der Waals surface area contributed by atoms with Gasteiger partial charge in [0.1, 0.15) is 5.69 Å². The van der Waals surface area contributed by atoms with Gasteiger partial charge in [0.2, 0.25) is 5.01 Å². The van der Waals surface area contributed by atoms with Gasteiger partial charge in [0.05, 0.1) is 6.61 Å². The van der Waals surface area contributed by atoms with E-state index in [0.717, 1.165) is 21.4 Å². The monoisotopic (exact) mass is 368 g/mol. The Labute approximate surface area is 134 Å². The molecule has 5 nitrogen and oxygen atoms in total. The summed E-state index contributed by atoms with van der Waals surface area (Å²) in [5.41, 5.74) is 1.18. The van der Waals surface area contributed by atoms with Crippen LogP contribution in [0.5, 0.6) is 0 Å². The van der Waals surface area contributed by atoms with Crippen molar-refractivity contribution < 1.29 is 14.3 Å². The third-order valence-corrected chi connectivity index (χ3v) is 4.18. The van der Waals surface area contributed by atoms with Crippen molar-refractivity contribution in [3.05, 3.63) is 50.4 Å². The molecule has 2 rings (SSSR count). The number of amides is 1. The topological polar surface area (TPSA) is 68.3 Å². The van der Waals surface area contributed by atoms with Gasteiger partial charge < -0.3 is 10.1 Å². The summed E-state index contributed by atoms with van der Waals surface area (Å²) >= 11 is 4.51. The van der Waals surface area contributed by atoms with E-state index in [2.05, 4.69) is 26.2 Å². The fraction of sp³-hybridized carbons (Fsp3) is 0.214. The lowest BCUT2D eigenvalue weighted by atomic mass is 10.2. The lowest BCUT2D eigenvalue weighted by molar-refractivity contribution is 0.0526. The van der Waals surface area contributed by atoms with E-state index in [1.807, 2.05) is 24.3 Å². The average molecular weight is 369 g/mol. The number of hydrogen-bond acceptors (Lipinski definition) is 5. The quantitative estimate of drug-likeness (QED) is 0.823. The van der Waals surface area contributed by atoms with E-state index in [9.17, 15) is 9.59 Å². The van der Waals surface area contributed by atoms with Crippen molar-refractivity contribution in [2.75, 3.05) is 6.61 Å². The molecule has 7 heteroatoms. The van der Waals surface area contributed by atoms with Gasteiger partial charge in [0, 0.05) is 16.4 Å². The molecule has 0 spiro atoms. The first kappa shape index (κ1) is 15.7. The fourth-order valence-electron chi connectivity index (χ4n) is 1.57. The highest BCUT2D eigenvalue weighted by Crippen LogP contribution is 2.16. The summed E-state index contributed by atoms with van der Waals surface area (Å²) in [6.07, 6.45) is 0. The van der Waals surface area contributed by atoms with E-state index in [0.29, 0.717) is 6.54 Å². The largest absolute Gasteiger partial charge is 0.461 e. The van der Waals surface area contributed by atoms with Gasteiger partial charge in [-0.3, -0.25) is 4.79 Å². The van der Waals surface area contributed by atoms with Crippen LogP contribution in [-0.4, -0.2) is 23.5 Å². The second-order valence-corrected chi connectivity index (χ2v) is 5.74. The second kappa shape index (κ2) is 7.33. The van der Waals surface area contributed by atoms with Crippen LogP contribution in [0.2, 0.25) is 0 Å². The van der Waals surface area contributed by atoms with Crippen molar-refractivity contribution in [3.63, 3.8) is 0 Å². The highest BCUT2D eigenvalue weighted by atomic mass is 79.9. The van der Waals surface area contributed by atoms with Crippen LogP contribution in [0.4, 0.5) is 0 Å². The van der Waals surface area contributed by atoms with E-state index in [-0.39, 0.29) is 23.2 Å². The number of esters is 1. The normalized spacial score (nSPS) is 10.2. The van der Waals surface area contributed by atoms with Crippen molar-refractivity contribution in [2.24, 2.45) is 0 Å². The van der Waals surface area contributed by atoms with E-state index in [1.54, 1.807) is 12.3 Å². The van der Waals surface area contributed by atoms with Crippen LogP contribution < -0.4 is 5.32 Å². The highest BCUT2D eigenvalue weighted by molar-refractivity contribution is 9.10. The molecule has 0 aliphatic rings. The van der Waals surface area contributed by atoms with Gasteiger partial charge >= 0.3 is 5.97 Å². The molecule has 0 unspecified atom stereocenters. The minimum absolute atomic E-state index is 0.183. The van der Waals surface area contributed by atoms with Crippen LogP contribution in [0, 0.1) is 0 Å². The zero-order valence-corrected chi connectivity index (χ0v) is 13.7. The number of aromatic nitrogens is 1. The van der Waals surface area contributed by atoms with Gasteiger partial charge in [-0.25, -0.2) is 9.78 Å². The summed E-state index contributed by atoms with van der Waals surface area (Å²) in [6, 6.07) is 7.62. The molecule has 2 aromatic rings. The van der Waals surface area contributed by atoms with Crippen LogP contribution in [-0.2, 0) is 11.3 Å². The SMILES string of the molecule is CCOC(=O)c1nc(C(=O)NCc2ccccc2Br)cs1. The molecule has 0 fully saturated rings. The van der Waals surface area contributed by atoms with Crippen molar-refractivity contribution in [3.8, 4) is 0 Å². The molecule has 1 N–H and O–H groups in total. The van der Waals surface area contributed by atoms with Gasteiger partial charge in [-0.2, -0.15) is 0 Å². The molecule has 0 aliphatic carbocycles. The molecule has 0 saturated carbocycles. The minimum atomic E-state index is -0.507. The van der Waals surface area contributed by atoms with Crippen LogP contribution in [0.1, 0.15) is 32.8 Å². The first-order valence-corrected chi connectivity index (χ1v) is 7.93. The molecule has 0 saturated heterocycles. The molecule has 0 aliphatic heterocycles. The Kier molecular flexibility index (Phi) is 5.46. The molecular formula is C14H13BrN2O3S. The predicted molar refractivity (Wildman–Crippen MR) is 83.4 cm³/mol. The minimum Gasteiger partial charge on any atom is -0.461 e. The summed E-state index contributed by atoms with van der Waals surface area (Å²) in [5, 5.41) is 4.49. The molecule has 1 heterocycles. The molecule has 1 aromatic heterocycles. The van der Waals surface area contributed by atoms with Crippen LogP contribution in [0.3, 0.4) is 0 Å². The van der Waals surface area contributed by atoms with Crippen molar-refractivity contribution in [1.82, 2.24) is 10.3 Å². The summed E-state index contributed by atoms with van der Waals surface area (Å²) in [5.74, 6) is -0.829. The zero-order valence-electron chi connectivity index (χ0n) is 11.3. The number of halogens is 1. The maximum atomic E-state index is 12.0. The van der Waals surface area contributed by atoms with E-state index >= 15 is 0 Å². The molecule has 0 atom stereocenters. The number of nitrogens with one attached hydrogen (secondary N) is 1. The number of carbonyl (C=O) groups excluding carboxylic acids is 2. The molecule has 0 bridgehead atoms. The van der Waals surface area contributed by atoms with Crippen molar-refractivity contribution in [2.45, 2.75) is 13.5 Å². The second-order valence-electron chi connectivity index (χ2n) is 4.03. The first-order valence-electron chi connectivity index (χ1n) is 6.26. The Hall–Kier alpha value is -1.73. The molecule has 1 aromatic carbocycles. The van der Waals surface area contributed by atoms with Crippen LogP contribution in [0.15, 0.2) is 34.1 Å². The molecular weight excluding hydrogens is 356 g/mol. The maximum Gasteiger partial charge on any atom is 0.367 e. The summed E-state index contributed by atoms with van der Waals surface area (Å²) < 4.78 is 5.76. The third-order valence-electron chi connectivity index (χ3n) is 2.58. The standard InChI is InChI=1S/C14H13BrN2O3S/c1-2-20-14(19)13-17-11(8-21-13)12(18)16-7-9-5-3-4-6-10(9)15/h3-6,8H,2,7H2,1H3,(H,16,18). The molecule has 1 amide bonds. The van der Waals surface area contributed by atoms with E-state index in [1.165, 1.54) is 0 Å². The van der Waals surface area contributed by atoms with Gasteiger partial charge in [-0.1, -0.05) is 34.1 Å². The third kappa shape index (κ3) is 4.12. The number of thiazole rings is 1. The maximum absolute atomic E-state index is 12.0. The Morgan fingerprint density at radius 1 is 1.38 bits per heavy atom. The van der Waals surface area contributed by atoms with Crippen molar-refractivity contribution in [1.29, 1.82) is 0 Å². The summed E-state index contributed by atoms with van der Waals surface area (Å²) in [4.78, 5) is 27.5. The fourth-order valence-corrected chi connectivity index (χ4v) is 2.69. The number of nitrogens with zero attached hydrogens (tertiary/aromatic N) is 1. The zero-order chi connectivity index (χ0) is 15.2. The summed E-state index contributed by atoms with van der Waals surface area (Å²) in [7, 11) is 0. The molecule has 21 heavy (non-hydrogen) atoms. The Balaban J connectivity index is 1.98. The molecule has 0 radical (unpaired) electrons. The van der Waals surface area contributed by atoms with E-state index < -0.39 is 5.97 Å². The number of carbonyl (C=O) groups is 2. The van der Waals surface area contributed by atoms with Gasteiger partial charge in [0.15, 0.2) is 0 Å². The Bertz CT molecular complexity index is 657. The van der Waals surface area contributed by atoms with Crippen LogP contribution in [0.25, 0.3) is 0 Å². The first-order chi connectivity index (χ1) is 10.1. The van der Waals surface area contributed by atoms with Crippen LogP contribution >= 0.6 is 27.3 Å². The molecule has 110 valence electrons. The van der Waals surface area contributed by atoms with Gasteiger partial charge in [-0.15, -0.1) is 11.3 Å². The average Bonchev–Trinajstić information content (AvgIpc) is 2.96. The number of ether oxygens (including phenoxy) is 1. The number of hydrogen-bond donors (Lipinski definition) is 1. The highest BCUT2D eigenvalue weighted by Gasteiger charge is 2.16. The lowest BCUT2D eigenvalue weighted by Crippen LogP contribution is -2.23. The van der Waals surface area contributed by atoms with Crippen molar-refractivity contribution >= 4 is 39.1 Å². The van der Waals surface area contributed by atoms with Gasteiger partial charge in [0.25, 0.3) is 5.91 Å². The Morgan fingerprint density at radius 2 is 2.14 bits per heavy atom. The number of benzene rings is 1. The van der Waals surface area contributed by atoms with Gasteiger partial charge in [-0.05, 0) is 18.6 Å². The van der Waals surface area contributed by atoms with E-state index in [4.69, 9.17) is 4.74 Å². The number of rotatable bonds is 5. The lowest BCUT2D eigenvalue weighted by Gasteiger charge is -2.05. The smallest absolute Gasteiger partial charge is 0.367 e. The predicted octanol–water partition coefficient (Wildman–Crippen LogP) is 3.01. The summed E-state index contributed by atoms with van der Waals surface area (Å²) in [6.45, 7) is 2.38.